The maximum absolute atomic E-state index is 4.23. The lowest BCUT2D eigenvalue weighted by atomic mass is 9.88. The van der Waals surface area contributed by atoms with E-state index < -0.39 is 0 Å². The van der Waals surface area contributed by atoms with Crippen LogP contribution in [-0.4, -0.2) is 15.0 Å². The molecule has 0 fully saturated rings. The van der Waals surface area contributed by atoms with Crippen LogP contribution in [0.15, 0.2) is 6.20 Å². The summed E-state index contributed by atoms with van der Waals surface area (Å²) in [5, 5.41) is 8.45. The third-order valence-corrected chi connectivity index (χ3v) is 2.93. The SMILES string of the molecule is CC(n1cc(C(C)(C)C)nn1)C(C)(C)C. The van der Waals surface area contributed by atoms with Crippen molar-refractivity contribution in [2.45, 2.75) is 59.9 Å². The molecule has 1 aromatic heterocycles. The molecule has 1 rings (SSSR count). The van der Waals surface area contributed by atoms with E-state index in [1.54, 1.807) is 0 Å². The van der Waals surface area contributed by atoms with Crippen LogP contribution < -0.4 is 0 Å². The van der Waals surface area contributed by atoms with Crippen LogP contribution in [0.3, 0.4) is 0 Å². The molecule has 1 atom stereocenters. The number of hydrogen-bond acceptors (Lipinski definition) is 2. The summed E-state index contributed by atoms with van der Waals surface area (Å²) in [5.74, 6) is 0. The van der Waals surface area contributed by atoms with E-state index in [0.717, 1.165) is 5.69 Å². The van der Waals surface area contributed by atoms with Gasteiger partial charge in [0.25, 0.3) is 0 Å². The monoisotopic (exact) mass is 209 g/mol. The van der Waals surface area contributed by atoms with Crippen LogP contribution in [0.5, 0.6) is 0 Å². The molecule has 0 aliphatic heterocycles. The molecular weight excluding hydrogens is 186 g/mol. The summed E-state index contributed by atoms with van der Waals surface area (Å²) < 4.78 is 1.97. The molecule has 0 N–H and O–H groups in total. The highest BCUT2D eigenvalue weighted by Gasteiger charge is 2.25. The van der Waals surface area contributed by atoms with Gasteiger partial charge in [0.1, 0.15) is 0 Å². The predicted octanol–water partition coefficient (Wildman–Crippen LogP) is 3.18. The van der Waals surface area contributed by atoms with Crippen molar-refractivity contribution in [3.63, 3.8) is 0 Å². The van der Waals surface area contributed by atoms with Crippen molar-refractivity contribution in [1.82, 2.24) is 15.0 Å². The van der Waals surface area contributed by atoms with Crippen molar-refractivity contribution in [3.8, 4) is 0 Å². The van der Waals surface area contributed by atoms with Gasteiger partial charge in [0.05, 0.1) is 11.7 Å². The number of nitrogens with zero attached hydrogens (tertiary/aromatic N) is 3. The zero-order valence-corrected chi connectivity index (χ0v) is 11.0. The lowest BCUT2D eigenvalue weighted by Gasteiger charge is -2.26. The van der Waals surface area contributed by atoms with Crippen LogP contribution in [0.4, 0.5) is 0 Å². The zero-order valence-electron chi connectivity index (χ0n) is 11.0. The predicted molar refractivity (Wildman–Crippen MR) is 62.9 cm³/mol. The fraction of sp³-hybridized carbons (Fsp3) is 0.833. The van der Waals surface area contributed by atoms with E-state index in [0.29, 0.717) is 6.04 Å². The van der Waals surface area contributed by atoms with Crippen LogP contribution in [0, 0.1) is 5.41 Å². The Bertz CT molecular complexity index is 325. The fourth-order valence-corrected chi connectivity index (χ4v) is 1.21. The highest BCUT2D eigenvalue weighted by Crippen LogP contribution is 2.30. The molecule has 3 heteroatoms. The van der Waals surface area contributed by atoms with Gasteiger partial charge in [0.2, 0.25) is 0 Å². The van der Waals surface area contributed by atoms with Crippen molar-refractivity contribution >= 4 is 0 Å². The highest BCUT2D eigenvalue weighted by molar-refractivity contribution is 5.07. The Morgan fingerprint density at radius 1 is 1.13 bits per heavy atom. The molecule has 0 bridgehead atoms. The smallest absolute Gasteiger partial charge is 0.0880 e. The second-order valence-electron chi connectivity index (χ2n) is 6.38. The Kier molecular flexibility index (Phi) is 2.94. The molecule has 0 aliphatic carbocycles. The molecule has 0 radical (unpaired) electrons. The summed E-state index contributed by atoms with van der Waals surface area (Å²) in [6.07, 6.45) is 2.07. The lowest BCUT2D eigenvalue weighted by Crippen LogP contribution is -2.22. The Hall–Kier alpha value is -0.860. The third-order valence-electron chi connectivity index (χ3n) is 2.93. The van der Waals surface area contributed by atoms with E-state index in [1.165, 1.54) is 0 Å². The minimum absolute atomic E-state index is 0.0792. The molecule has 0 aliphatic rings. The van der Waals surface area contributed by atoms with E-state index in [2.05, 4.69) is 65.0 Å². The van der Waals surface area contributed by atoms with Crippen molar-refractivity contribution in [2.75, 3.05) is 0 Å². The van der Waals surface area contributed by atoms with Gasteiger partial charge in [0, 0.05) is 11.6 Å². The third kappa shape index (κ3) is 2.80. The van der Waals surface area contributed by atoms with Gasteiger partial charge >= 0.3 is 0 Å². The summed E-state index contributed by atoms with van der Waals surface area (Å²) in [6.45, 7) is 15.3. The van der Waals surface area contributed by atoms with Crippen LogP contribution in [0.2, 0.25) is 0 Å². The molecule has 1 unspecified atom stereocenters. The van der Waals surface area contributed by atoms with Crippen molar-refractivity contribution in [3.05, 3.63) is 11.9 Å². The van der Waals surface area contributed by atoms with Crippen LogP contribution in [0.25, 0.3) is 0 Å². The average molecular weight is 209 g/mol. The van der Waals surface area contributed by atoms with E-state index >= 15 is 0 Å². The van der Waals surface area contributed by atoms with Crippen LogP contribution in [-0.2, 0) is 5.41 Å². The largest absolute Gasteiger partial charge is 0.249 e. The number of rotatable bonds is 1. The van der Waals surface area contributed by atoms with Crippen molar-refractivity contribution in [1.29, 1.82) is 0 Å². The first-order chi connectivity index (χ1) is 6.62. The van der Waals surface area contributed by atoms with E-state index in [4.69, 9.17) is 0 Å². The van der Waals surface area contributed by atoms with Gasteiger partial charge in [-0.15, -0.1) is 5.10 Å². The van der Waals surface area contributed by atoms with Crippen LogP contribution in [0.1, 0.15) is 60.2 Å². The van der Waals surface area contributed by atoms with Gasteiger partial charge in [0.15, 0.2) is 0 Å². The van der Waals surface area contributed by atoms with Gasteiger partial charge in [-0.05, 0) is 12.3 Å². The molecule has 86 valence electrons. The van der Waals surface area contributed by atoms with Gasteiger partial charge < -0.3 is 0 Å². The molecule has 0 amide bonds. The van der Waals surface area contributed by atoms with E-state index in [-0.39, 0.29) is 10.8 Å². The highest BCUT2D eigenvalue weighted by atomic mass is 15.4. The van der Waals surface area contributed by atoms with Crippen LogP contribution >= 0.6 is 0 Å². The molecule has 0 aromatic carbocycles. The first-order valence-electron chi connectivity index (χ1n) is 5.54. The van der Waals surface area contributed by atoms with E-state index in [1.807, 2.05) is 4.68 Å². The lowest BCUT2D eigenvalue weighted by molar-refractivity contribution is 0.241. The second-order valence-corrected chi connectivity index (χ2v) is 6.38. The summed E-state index contributed by atoms with van der Waals surface area (Å²) in [4.78, 5) is 0. The van der Waals surface area contributed by atoms with Gasteiger partial charge in [-0.25, -0.2) is 4.68 Å². The Morgan fingerprint density at radius 2 is 1.67 bits per heavy atom. The summed E-state index contributed by atoms with van der Waals surface area (Å²) in [5.41, 5.74) is 1.34. The number of hydrogen-bond donors (Lipinski definition) is 0. The molecule has 1 aromatic rings. The van der Waals surface area contributed by atoms with E-state index in [9.17, 15) is 0 Å². The first-order valence-corrected chi connectivity index (χ1v) is 5.54. The standard InChI is InChI=1S/C12H23N3/c1-9(11(2,3)4)15-8-10(13-14-15)12(5,6)7/h8-9H,1-7H3. The topological polar surface area (TPSA) is 30.7 Å². The maximum Gasteiger partial charge on any atom is 0.0880 e. The number of aromatic nitrogens is 3. The van der Waals surface area contributed by atoms with Crippen molar-refractivity contribution < 1.29 is 0 Å². The average Bonchev–Trinajstić information content (AvgIpc) is 2.47. The first kappa shape index (κ1) is 12.2. The molecule has 0 spiro atoms. The van der Waals surface area contributed by atoms with Gasteiger partial charge in [-0.2, -0.15) is 0 Å². The van der Waals surface area contributed by atoms with Gasteiger partial charge in [-0.3, -0.25) is 0 Å². The molecule has 0 saturated carbocycles. The minimum atomic E-state index is 0.0792. The molecule has 0 saturated heterocycles. The maximum atomic E-state index is 4.23. The van der Waals surface area contributed by atoms with Gasteiger partial charge in [-0.1, -0.05) is 46.8 Å². The Balaban J connectivity index is 2.95. The minimum Gasteiger partial charge on any atom is -0.249 e. The zero-order chi connectivity index (χ0) is 11.9. The summed E-state index contributed by atoms with van der Waals surface area (Å²) >= 11 is 0. The summed E-state index contributed by atoms with van der Waals surface area (Å²) in [6, 6.07) is 0.362. The van der Waals surface area contributed by atoms with Crippen molar-refractivity contribution in [2.24, 2.45) is 5.41 Å². The fourth-order valence-electron chi connectivity index (χ4n) is 1.21. The molecule has 15 heavy (non-hydrogen) atoms. The second kappa shape index (κ2) is 3.62. The quantitative estimate of drug-likeness (QED) is 0.711. The Morgan fingerprint density at radius 3 is 2.00 bits per heavy atom. The molecule has 3 nitrogen and oxygen atoms in total. The molecular formula is C12H23N3. The normalized spacial score (nSPS) is 15.4. The summed E-state index contributed by atoms with van der Waals surface area (Å²) in [7, 11) is 0. The Labute approximate surface area is 92.9 Å². The molecule has 1 heterocycles.